The first-order valence-corrected chi connectivity index (χ1v) is 9.70. The molecule has 1 unspecified atom stereocenters. The van der Waals surface area contributed by atoms with Gasteiger partial charge in [0.25, 0.3) is 0 Å². The molecule has 3 rings (SSSR count). The fourth-order valence-electron chi connectivity index (χ4n) is 3.42. The summed E-state index contributed by atoms with van der Waals surface area (Å²) in [4.78, 5) is 18.8. The molecule has 1 amide bonds. The highest BCUT2D eigenvalue weighted by Crippen LogP contribution is 2.37. The second-order valence-corrected chi connectivity index (χ2v) is 9.47. The van der Waals surface area contributed by atoms with Gasteiger partial charge in [0.05, 0.1) is 17.2 Å². The van der Waals surface area contributed by atoms with E-state index in [4.69, 9.17) is 14.0 Å². The van der Waals surface area contributed by atoms with Crippen LogP contribution in [0, 0.1) is 0 Å². The number of carbonyl (C=O) groups is 1. The molecule has 7 heteroatoms. The van der Waals surface area contributed by atoms with Crippen molar-refractivity contribution in [1.29, 1.82) is 0 Å². The standard InChI is InChI=1S/C20H31BN2O4/c1-18(2,3)25-17(24)23-10-8-9-16(23)14-11-15(13-22-12-14)21-26-19(4,5)20(6,7)27-21/h11-13,16H,8-10H2,1-7H3. The van der Waals surface area contributed by atoms with Crippen LogP contribution in [0.4, 0.5) is 4.79 Å². The van der Waals surface area contributed by atoms with Gasteiger partial charge in [-0.05, 0) is 66.9 Å². The number of rotatable bonds is 2. The molecule has 6 nitrogen and oxygen atoms in total. The second kappa shape index (κ2) is 6.78. The smallest absolute Gasteiger partial charge is 0.444 e. The normalized spacial score (nSPS) is 24.3. The van der Waals surface area contributed by atoms with Crippen molar-refractivity contribution in [1.82, 2.24) is 9.88 Å². The van der Waals surface area contributed by atoms with Crippen molar-refractivity contribution in [2.24, 2.45) is 0 Å². The summed E-state index contributed by atoms with van der Waals surface area (Å²) in [7, 11) is -0.459. The SMILES string of the molecule is CC(C)(C)OC(=O)N1CCCC1c1cncc(B2OC(C)(C)C(C)(C)O2)c1. The monoisotopic (exact) mass is 374 g/mol. The van der Waals surface area contributed by atoms with Crippen LogP contribution in [0.25, 0.3) is 0 Å². The molecule has 2 saturated heterocycles. The van der Waals surface area contributed by atoms with E-state index in [2.05, 4.69) is 4.98 Å². The molecule has 27 heavy (non-hydrogen) atoms. The molecule has 148 valence electrons. The lowest BCUT2D eigenvalue weighted by Crippen LogP contribution is -2.41. The Morgan fingerprint density at radius 2 is 1.85 bits per heavy atom. The highest BCUT2D eigenvalue weighted by molar-refractivity contribution is 6.62. The van der Waals surface area contributed by atoms with Crippen LogP contribution in [-0.2, 0) is 14.0 Å². The number of carbonyl (C=O) groups excluding carboxylic acids is 1. The zero-order chi connectivity index (χ0) is 20.0. The zero-order valence-electron chi connectivity index (χ0n) is 17.5. The predicted octanol–water partition coefficient (Wildman–Crippen LogP) is 3.45. The summed E-state index contributed by atoms with van der Waals surface area (Å²) >= 11 is 0. The Morgan fingerprint density at radius 1 is 1.22 bits per heavy atom. The minimum atomic E-state index is -0.507. The van der Waals surface area contributed by atoms with E-state index in [1.54, 1.807) is 11.1 Å². The Bertz CT molecular complexity index is 698. The van der Waals surface area contributed by atoms with E-state index >= 15 is 0 Å². The lowest BCUT2D eigenvalue weighted by molar-refractivity contribution is 0.00578. The highest BCUT2D eigenvalue weighted by Gasteiger charge is 2.52. The van der Waals surface area contributed by atoms with Gasteiger partial charge in [-0.25, -0.2) is 4.79 Å². The number of amides is 1. The Labute approximate surface area is 162 Å². The highest BCUT2D eigenvalue weighted by atomic mass is 16.7. The van der Waals surface area contributed by atoms with Crippen LogP contribution in [-0.4, -0.2) is 46.4 Å². The van der Waals surface area contributed by atoms with Crippen molar-refractivity contribution in [2.75, 3.05) is 6.54 Å². The van der Waals surface area contributed by atoms with Crippen LogP contribution >= 0.6 is 0 Å². The van der Waals surface area contributed by atoms with E-state index in [0.717, 1.165) is 23.9 Å². The van der Waals surface area contributed by atoms with Gasteiger partial charge >= 0.3 is 13.2 Å². The minimum absolute atomic E-state index is 0.0327. The third-order valence-electron chi connectivity index (χ3n) is 5.57. The van der Waals surface area contributed by atoms with Crippen molar-refractivity contribution in [3.63, 3.8) is 0 Å². The first-order chi connectivity index (χ1) is 12.4. The van der Waals surface area contributed by atoms with Gasteiger partial charge < -0.3 is 18.9 Å². The molecular formula is C20H31BN2O4. The molecule has 1 atom stereocenters. The van der Waals surface area contributed by atoms with Crippen LogP contribution in [0.15, 0.2) is 18.5 Å². The molecule has 0 aromatic carbocycles. The number of pyridine rings is 1. The topological polar surface area (TPSA) is 60.9 Å². The number of aromatic nitrogens is 1. The molecule has 0 radical (unpaired) electrons. The average Bonchev–Trinajstić information content (AvgIpc) is 3.09. The quantitative estimate of drug-likeness (QED) is 0.742. The van der Waals surface area contributed by atoms with Gasteiger partial charge in [0, 0.05) is 24.4 Å². The average molecular weight is 374 g/mol. The largest absolute Gasteiger partial charge is 0.496 e. The molecule has 1 aromatic heterocycles. The Morgan fingerprint density at radius 3 is 2.44 bits per heavy atom. The zero-order valence-corrected chi connectivity index (χ0v) is 17.5. The van der Waals surface area contributed by atoms with Crippen LogP contribution in [0.5, 0.6) is 0 Å². The summed E-state index contributed by atoms with van der Waals surface area (Å²) in [6.45, 7) is 14.5. The number of nitrogens with zero attached hydrogens (tertiary/aromatic N) is 2. The lowest BCUT2D eigenvalue weighted by atomic mass is 9.79. The Kier molecular flexibility index (Phi) is 5.06. The lowest BCUT2D eigenvalue weighted by Gasteiger charge is -2.32. The van der Waals surface area contributed by atoms with E-state index in [0.29, 0.717) is 6.54 Å². The summed E-state index contributed by atoms with van der Waals surface area (Å²) in [5.74, 6) is 0. The molecule has 3 heterocycles. The van der Waals surface area contributed by atoms with Crippen LogP contribution in [0.2, 0.25) is 0 Å². The molecule has 0 aliphatic carbocycles. The molecule has 0 spiro atoms. The summed E-state index contributed by atoms with van der Waals surface area (Å²) in [6.07, 6.45) is 5.17. The minimum Gasteiger partial charge on any atom is -0.444 e. The first kappa shape index (κ1) is 20.1. The van der Waals surface area contributed by atoms with Gasteiger partial charge in [-0.15, -0.1) is 0 Å². The van der Waals surface area contributed by atoms with Gasteiger partial charge in [0.15, 0.2) is 0 Å². The van der Waals surface area contributed by atoms with Crippen LogP contribution in [0.1, 0.15) is 72.9 Å². The fraction of sp³-hybridized carbons (Fsp3) is 0.700. The maximum Gasteiger partial charge on any atom is 0.496 e. The molecule has 0 saturated carbocycles. The van der Waals surface area contributed by atoms with Gasteiger partial charge in [-0.2, -0.15) is 0 Å². The summed E-state index contributed by atoms with van der Waals surface area (Å²) in [5, 5.41) is 0. The van der Waals surface area contributed by atoms with Crippen LogP contribution < -0.4 is 5.46 Å². The summed E-state index contributed by atoms with van der Waals surface area (Å²) in [5.41, 5.74) is 0.563. The number of ether oxygens (including phenoxy) is 1. The van der Waals surface area contributed by atoms with Crippen molar-refractivity contribution < 1.29 is 18.8 Å². The maximum atomic E-state index is 12.6. The molecule has 2 aliphatic rings. The van der Waals surface area contributed by atoms with E-state index in [-0.39, 0.29) is 12.1 Å². The molecule has 2 fully saturated rings. The maximum absolute atomic E-state index is 12.6. The summed E-state index contributed by atoms with van der Waals surface area (Å²) < 4.78 is 17.9. The van der Waals surface area contributed by atoms with Crippen molar-refractivity contribution in [3.05, 3.63) is 24.0 Å². The third kappa shape index (κ3) is 4.14. The van der Waals surface area contributed by atoms with Crippen molar-refractivity contribution >= 4 is 18.7 Å². The fourth-order valence-corrected chi connectivity index (χ4v) is 3.42. The van der Waals surface area contributed by atoms with E-state index in [1.165, 1.54) is 0 Å². The number of hydrogen-bond donors (Lipinski definition) is 0. The first-order valence-electron chi connectivity index (χ1n) is 9.70. The van der Waals surface area contributed by atoms with Gasteiger partial charge in [-0.3, -0.25) is 4.98 Å². The Hall–Kier alpha value is -1.60. The molecule has 2 aliphatic heterocycles. The van der Waals surface area contributed by atoms with Gasteiger partial charge in [0.2, 0.25) is 0 Å². The molecular weight excluding hydrogens is 343 g/mol. The molecule has 0 bridgehead atoms. The van der Waals surface area contributed by atoms with E-state index in [9.17, 15) is 4.79 Å². The molecule has 0 N–H and O–H groups in total. The summed E-state index contributed by atoms with van der Waals surface area (Å²) in [6, 6.07) is 2.01. The second-order valence-electron chi connectivity index (χ2n) is 9.47. The van der Waals surface area contributed by atoms with Crippen molar-refractivity contribution in [3.8, 4) is 0 Å². The van der Waals surface area contributed by atoms with E-state index < -0.39 is 23.9 Å². The Balaban J connectivity index is 1.80. The predicted molar refractivity (Wildman–Crippen MR) is 105 cm³/mol. The van der Waals surface area contributed by atoms with Gasteiger partial charge in [-0.1, -0.05) is 6.07 Å². The van der Waals surface area contributed by atoms with Crippen molar-refractivity contribution in [2.45, 2.75) is 84.2 Å². The van der Waals surface area contributed by atoms with Gasteiger partial charge in [0.1, 0.15) is 5.60 Å². The van der Waals surface area contributed by atoms with Crippen LogP contribution in [0.3, 0.4) is 0 Å². The third-order valence-corrected chi connectivity index (χ3v) is 5.57. The molecule has 1 aromatic rings. The number of hydrogen-bond acceptors (Lipinski definition) is 5. The van der Waals surface area contributed by atoms with E-state index in [1.807, 2.05) is 60.7 Å². The number of likely N-dealkylation sites (tertiary alicyclic amines) is 1.